The number of rotatable bonds is 8. The van der Waals surface area contributed by atoms with Crippen LogP contribution in [0.4, 0.5) is 0 Å². The lowest BCUT2D eigenvalue weighted by molar-refractivity contribution is 0.0954. The first-order valence-electron chi connectivity index (χ1n) is 8.59. The summed E-state index contributed by atoms with van der Waals surface area (Å²) in [4.78, 5) is 12.3. The summed E-state index contributed by atoms with van der Waals surface area (Å²) >= 11 is 5.84. The highest BCUT2D eigenvalue weighted by molar-refractivity contribution is 7.89. The number of carbonyl (C=O) groups excluding carboxylic acids is 1. The van der Waals surface area contributed by atoms with E-state index in [4.69, 9.17) is 16.0 Å². The molecule has 28 heavy (non-hydrogen) atoms. The highest BCUT2D eigenvalue weighted by Gasteiger charge is 2.15. The third-order valence-electron chi connectivity index (χ3n) is 4.06. The molecule has 2 N–H and O–H groups in total. The van der Waals surface area contributed by atoms with E-state index < -0.39 is 10.0 Å². The summed E-state index contributed by atoms with van der Waals surface area (Å²) in [5.41, 5.74) is 1.45. The van der Waals surface area contributed by atoms with E-state index >= 15 is 0 Å². The molecule has 0 aliphatic heterocycles. The van der Waals surface area contributed by atoms with Gasteiger partial charge in [0.25, 0.3) is 5.91 Å². The number of amides is 1. The highest BCUT2D eigenvalue weighted by atomic mass is 35.5. The third-order valence-corrected chi connectivity index (χ3v) is 5.72. The van der Waals surface area contributed by atoms with Gasteiger partial charge < -0.3 is 9.73 Å². The Bertz CT molecular complexity index is 1020. The van der Waals surface area contributed by atoms with Gasteiger partial charge >= 0.3 is 0 Å². The Hall–Kier alpha value is -2.61. The minimum absolute atomic E-state index is 0.0578. The summed E-state index contributed by atoms with van der Waals surface area (Å²) in [5, 5.41) is 3.48. The third kappa shape index (κ3) is 5.45. The summed E-state index contributed by atoms with van der Waals surface area (Å²) in [6.45, 7) is 0.521. The van der Waals surface area contributed by atoms with E-state index in [0.29, 0.717) is 29.3 Å². The fourth-order valence-corrected chi connectivity index (χ4v) is 3.64. The molecule has 0 aliphatic carbocycles. The van der Waals surface area contributed by atoms with E-state index in [-0.39, 0.29) is 17.3 Å². The summed E-state index contributed by atoms with van der Waals surface area (Å²) < 4.78 is 32.2. The van der Waals surface area contributed by atoms with Crippen LogP contribution < -0.4 is 10.0 Å². The van der Waals surface area contributed by atoms with Crippen LogP contribution in [-0.4, -0.2) is 20.9 Å². The van der Waals surface area contributed by atoms with E-state index in [9.17, 15) is 13.2 Å². The molecule has 0 radical (unpaired) electrons. The molecular formula is C20H19ClN2O4S. The summed E-state index contributed by atoms with van der Waals surface area (Å²) in [5.74, 6) is 0.252. The van der Waals surface area contributed by atoms with Crippen LogP contribution in [0.1, 0.15) is 21.7 Å². The Morgan fingerprint density at radius 2 is 1.71 bits per heavy atom. The lowest BCUT2D eigenvalue weighted by Gasteiger charge is -2.08. The molecule has 0 bridgehead atoms. The molecule has 0 aliphatic rings. The molecule has 8 heteroatoms. The zero-order chi connectivity index (χ0) is 20.0. The van der Waals surface area contributed by atoms with Crippen molar-refractivity contribution in [2.24, 2.45) is 0 Å². The number of hydrogen-bond acceptors (Lipinski definition) is 4. The number of carbonyl (C=O) groups is 1. The second kappa shape index (κ2) is 9.05. The summed E-state index contributed by atoms with van der Waals surface area (Å²) in [7, 11) is -3.69. The van der Waals surface area contributed by atoms with E-state index in [1.807, 2.05) is 12.1 Å². The van der Waals surface area contributed by atoms with Gasteiger partial charge in [0.15, 0.2) is 0 Å². The lowest BCUT2D eigenvalue weighted by Crippen LogP contribution is -2.26. The molecule has 1 heterocycles. The number of furan rings is 1. The molecule has 3 aromatic rings. The fraction of sp³-hybridized carbons (Fsp3) is 0.150. The van der Waals surface area contributed by atoms with Crippen LogP contribution in [0.5, 0.6) is 0 Å². The average molecular weight is 419 g/mol. The number of halogens is 1. The van der Waals surface area contributed by atoms with Crippen LogP contribution >= 0.6 is 11.6 Å². The van der Waals surface area contributed by atoms with Crippen molar-refractivity contribution in [1.82, 2.24) is 10.0 Å². The number of sulfonamides is 1. The molecule has 3 rings (SSSR count). The van der Waals surface area contributed by atoms with Crippen molar-refractivity contribution in [2.75, 3.05) is 6.54 Å². The lowest BCUT2D eigenvalue weighted by atomic mass is 10.1. The zero-order valence-corrected chi connectivity index (χ0v) is 16.5. The second-order valence-corrected chi connectivity index (χ2v) is 8.26. The van der Waals surface area contributed by atoms with Crippen molar-refractivity contribution < 1.29 is 17.6 Å². The van der Waals surface area contributed by atoms with Gasteiger partial charge in [0.05, 0.1) is 17.7 Å². The predicted molar refractivity (Wildman–Crippen MR) is 107 cm³/mol. The Morgan fingerprint density at radius 1 is 1.00 bits per heavy atom. The van der Waals surface area contributed by atoms with Crippen LogP contribution in [0.25, 0.3) is 0 Å². The van der Waals surface area contributed by atoms with Crippen LogP contribution in [0.15, 0.2) is 76.2 Å². The maximum Gasteiger partial charge on any atom is 0.251 e. The van der Waals surface area contributed by atoms with Crippen molar-refractivity contribution in [3.8, 4) is 0 Å². The monoisotopic (exact) mass is 418 g/mol. The molecule has 1 aromatic heterocycles. The van der Waals surface area contributed by atoms with Crippen molar-refractivity contribution in [3.05, 3.63) is 88.8 Å². The van der Waals surface area contributed by atoms with Gasteiger partial charge in [0.2, 0.25) is 10.0 Å². The second-order valence-electron chi connectivity index (χ2n) is 6.06. The van der Waals surface area contributed by atoms with E-state index in [2.05, 4.69) is 10.0 Å². The van der Waals surface area contributed by atoms with E-state index in [1.54, 1.807) is 24.3 Å². The van der Waals surface area contributed by atoms with Gasteiger partial charge in [0, 0.05) is 17.1 Å². The quantitative estimate of drug-likeness (QED) is 0.587. The van der Waals surface area contributed by atoms with Crippen molar-refractivity contribution in [1.29, 1.82) is 0 Å². The smallest absolute Gasteiger partial charge is 0.251 e. The first-order valence-corrected chi connectivity index (χ1v) is 10.4. The predicted octanol–water partition coefficient (Wildman–Crippen LogP) is 3.38. The first kappa shape index (κ1) is 20.1. The van der Waals surface area contributed by atoms with Gasteiger partial charge in [-0.25, -0.2) is 13.1 Å². The fourth-order valence-electron chi connectivity index (χ4n) is 2.52. The largest absolute Gasteiger partial charge is 0.468 e. The van der Waals surface area contributed by atoms with Crippen molar-refractivity contribution in [2.45, 2.75) is 17.9 Å². The van der Waals surface area contributed by atoms with Crippen LogP contribution in [0.2, 0.25) is 5.02 Å². The maximum absolute atomic E-state index is 12.3. The molecule has 2 aromatic carbocycles. The molecule has 146 valence electrons. The molecule has 0 spiro atoms. The minimum atomic E-state index is -3.69. The average Bonchev–Trinajstić information content (AvgIpc) is 3.22. The Balaban J connectivity index is 1.53. The molecule has 0 saturated heterocycles. The molecule has 0 saturated carbocycles. The molecular weight excluding hydrogens is 400 g/mol. The minimum Gasteiger partial charge on any atom is -0.468 e. The molecule has 6 nitrogen and oxygen atoms in total. The highest BCUT2D eigenvalue weighted by Crippen LogP contribution is 2.12. The summed E-state index contributed by atoms with van der Waals surface area (Å²) in [6.07, 6.45) is 2.15. The number of nitrogens with one attached hydrogen (secondary N) is 2. The molecule has 0 atom stereocenters. The SMILES string of the molecule is O=C(NCCc1ccc(Cl)cc1)c1ccc(S(=O)(=O)NCc2ccco2)cc1. The van der Waals surface area contributed by atoms with Gasteiger partial charge in [-0.1, -0.05) is 23.7 Å². The number of benzene rings is 2. The van der Waals surface area contributed by atoms with Gasteiger partial charge in [-0.05, 0) is 60.5 Å². The van der Waals surface area contributed by atoms with E-state index in [0.717, 1.165) is 5.56 Å². The van der Waals surface area contributed by atoms with Crippen LogP contribution in [0.3, 0.4) is 0 Å². The Morgan fingerprint density at radius 3 is 2.36 bits per heavy atom. The zero-order valence-electron chi connectivity index (χ0n) is 14.9. The molecule has 1 amide bonds. The van der Waals surface area contributed by atoms with Gasteiger partial charge in [-0.3, -0.25) is 4.79 Å². The van der Waals surface area contributed by atoms with E-state index in [1.165, 1.54) is 30.5 Å². The topological polar surface area (TPSA) is 88.4 Å². The first-order chi connectivity index (χ1) is 13.4. The maximum atomic E-state index is 12.3. The normalized spacial score (nSPS) is 11.3. The molecule has 0 fully saturated rings. The summed E-state index contributed by atoms with van der Waals surface area (Å²) in [6, 6.07) is 16.6. The van der Waals surface area contributed by atoms with Crippen molar-refractivity contribution >= 4 is 27.5 Å². The van der Waals surface area contributed by atoms with Crippen molar-refractivity contribution in [3.63, 3.8) is 0 Å². The van der Waals surface area contributed by atoms with Gasteiger partial charge in [-0.2, -0.15) is 0 Å². The van der Waals surface area contributed by atoms with Gasteiger partial charge in [0.1, 0.15) is 5.76 Å². The Kier molecular flexibility index (Phi) is 6.51. The Labute approximate surface area is 168 Å². The van der Waals surface area contributed by atoms with Gasteiger partial charge in [-0.15, -0.1) is 0 Å². The van der Waals surface area contributed by atoms with Crippen LogP contribution in [-0.2, 0) is 23.0 Å². The van der Waals surface area contributed by atoms with Crippen LogP contribution in [0, 0.1) is 0 Å². The number of hydrogen-bond donors (Lipinski definition) is 2. The standard InChI is InChI=1S/C20H19ClN2O4S/c21-17-7-3-15(4-8-17)11-12-22-20(24)16-5-9-19(10-6-16)28(25,26)23-14-18-2-1-13-27-18/h1-10,13,23H,11-12,14H2,(H,22,24). The molecule has 0 unspecified atom stereocenters.